The molecule has 3 heterocycles. The second kappa shape index (κ2) is 6.77. The van der Waals surface area contributed by atoms with Gasteiger partial charge in [0.25, 0.3) is 5.56 Å². The molecule has 0 saturated carbocycles. The summed E-state index contributed by atoms with van der Waals surface area (Å²) in [6, 6.07) is 11.5. The van der Waals surface area contributed by atoms with E-state index in [2.05, 4.69) is 4.98 Å². The van der Waals surface area contributed by atoms with E-state index in [1.54, 1.807) is 20.9 Å². The molecule has 0 spiro atoms. The predicted octanol–water partition coefficient (Wildman–Crippen LogP) is 4.00. The number of carboxylic acids is 1. The number of pyridine rings is 1. The van der Waals surface area contributed by atoms with Gasteiger partial charge in [-0.25, -0.2) is 9.78 Å². The summed E-state index contributed by atoms with van der Waals surface area (Å²) in [5.41, 5.74) is 4.32. The minimum atomic E-state index is -1.04. The maximum absolute atomic E-state index is 12.3. The quantitative estimate of drug-likeness (QED) is 0.568. The molecule has 1 N–H and O–H groups in total. The van der Waals surface area contributed by atoms with Crippen LogP contribution in [-0.4, -0.2) is 25.4 Å². The molecule has 0 bridgehead atoms. The fourth-order valence-corrected chi connectivity index (χ4v) is 3.88. The zero-order valence-corrected chi connectivity index (χ0v) is 16.7. The molecule has 1 aromatic carbocycles. The second-order valence-electron chi connectivity index (χ2n) is 7.03. The van der Waals surface area contributed by atoms with Gasteiger partial charge in [-0.2, -0.15) is 4.74 Å². The first-order valence-corrected chi connectivity index (χ1v) is 9.33. The number of rotatable bonds is 4. The number of hydrogen-bond donors (Lipinski definition) is 1. The van der Waals surface area contributed by atoms with E-state index in [4.69, 9.17) is 4.52 Å². The van der Waals surface area contributed by atoms with Crippen molar-refractivity contribution in [3.63, 3.8) is 0 Å². The molecule has 0 amide bonds. The summed E-state index contributed by atoms with van der Waals surface area (Å²) in [7, 11) is 1.59. The Hall–Kier alpha value is -3.61. The number of nitrogens with zero attached hydrogens (tertiary/aromatic N) is 3. The number of fused-ring (bicyclic) bond motifs is 1. The molecular formula is C22H21N3O4. The Bertz CT molecular complexity index is 1310. The Morgan fingerprint density at radius 3 is 2.34 bits per heavy atom. The van der Waals surface area contributed by atoms with Crippen LogP contribution in [0.3, 0.4) is 0 Å². The average Bonchev–Trinajstić information content (AvgIpc) is 3.17. The van der Waals surface area contributed by atoms with Crippen LogP contribution >= 0.6 is 0 Å². The predicted molar refractivity (Wildman–Crippen MR) is 110 cm³/mol. The van der Waals surface area contributed by atoms with Gasteiger partial charge in [-0.3, -0.25) is 4.79 Å². The number of carbonyl (C=O) groups is 1. The van der Waals surface area contributed by atoms with Crippen LogP contribution < -0.4 is 5.56 Å². The molecule has 0 atom stereocenters. The maximum Gasteiger partial charge on any atom is 0.356 e. The summed E-state index contributed by atoms with van der Waals surface area (Å²) in [4.78, 5) is 28.3. The average molecular weight is 391 g/mol. The highest BCUT2D eigenvalue weighted by Crippen LogP contribution is 2.32. The van der Waals surface area contributed by atoms with Gasteiger partial charge in [-0.1, -0.05) is 24.3 Å². The van der Waals surface area contributed by atoms with E-state index in [-0.39, 0.29) is 11.3 Å². The second-order valence-corrected chi connectivity index (χ2v) is 7.03. The van der Waals surface area contributed by atoms with Crippen LogP contribution in [0.4, 0.5) is 0 Å². The first-order valence-electron chi connectivity index (χ1n) is 9.33. The number of carboxylic acid groups (broad SMARTS) is 1. The van der Waals surface area contributed by atoms with Crippen molar-refractivity contribution in [2.75, 3.05) is 0 Å². The van der Waals surface area contributed by atoms with Gasteiger partial charge in [0, 0.05) is 30.4 Å². The molecule has 4 rings (SSSR count). The van der Waals surface area contributed by atoms with Gasteiger partial charge in [-0.15, -0.1) is 0 Å². The van der Waals surface area contributed by atoms with Crippen molar-refractivity contribution in [3.8, 4) is 22.4 Å². The fraction of sp³-hybridized carbons (Fsp3) is 0.227. The third-order valence-corrected chi connectivity index (χ3v) is 5.12. The first-order chi connectivity index (χ1) is 13.8. The van der Waals surface area contributed by atoms with Gasteiger partial charge < -0.3 is 14.2 Å². The summed E-state index contributed by atoms with van der Waals surface area (Å²) in [6.45, 7) is 6.13. The normalized spacial score (nSPS) is 11.3. The molecule has 0 saturated heterocycles. The Balaban J connectivity index is 1.88. The number of aromatic nitrogens is 3. The van der Waals surface area contributed by atoms with E-state index in [1.807, 2.05) is 47.9 Å². The van der Waals surface area contributed by atoms with Crippen molar-refractivity contribution < 1.29 is 14.4 Å². The smallest absolute Gasteiger partial charge is 0.356 e. The van der Waals surface area contributed by atoms with Gasteiger partial charge >= 0.3 is 5.97 Å². The van der Waals surface area contributed by atoms with Crippen LogP contribution in [0.15, 0.2) is 45.7 Å². The highest BCUT2D eigenvalue weighted by atomic mass is 16.5. The van der Waals surface area contributed by atoms with Gasteiger partial charge in [0.15, 0.2) is 5.69 Å². The third-order valence-electron chi connectivity index (χ3n) is 5.12. The lowest BCUT2D eigenvalue weighted by atomic mass is 10.0. The largest absolute Gasteiger partial charge is 0.476 e. The monoisotopic (exact) mass is 391 g/mol. The van der Waals surface area contributed by atoms with Crippen molar-refractivity contribution in [3.05, 3.63) is 63.9 Å². The minimum Gasteiger partial charge on any atom is -0.476 e. The molecule has 148 valence electrons. The summed E-state index contributed by atoms with van der Waals surface area (Å²) < 4.78 is 8.55. The Kier molecular flexibility index (Phi) is 4.38. The molecular weight excluding hydrogens is 370 g/mol. The molecule has 4 aromatic rings. The van der Waals surface area contributed by atoms with Crippen LogP contribution in [0.2, 0.25) is 0 Å². The van der Waals surface area contributed by atoms with Crippen LogP contribution in [0.25, 0.3) is 33.3 Å². The highest BCUT2D eigenvalue weighted by Gasteiger charge is 2.19. The molecule has 0 aliphatic heterocycles. The van der Waals surface area contributed by atoms with E-state index < -0.39 is 5.97 Å². The Morgan fingerprint density at radius 2 is 1.79 bits per heavy atom. The first kappa shape index (κ1) is 18.7. The summed E-state index contributed by atoms with van der Waals surface area (Å²) >= 11 is 0. The van der Waals surface area contributed by atoms with Crippen molar-refractivity contribution in [1.82, 2.24) is 14.3 Å². The standard InChI is InChI=1S/C22H21N3O4/c1-5-25-17(11-16-10-12(2)23-19(20(16)25)22(27)28)14-6-8-15(9-7-14)18-13(3)29-24(4)21(18)26/h6-11H,5H2,1-4H3,(H,27,28). The molecule has 7 heteroatoms. The number of aromatic carboxylic acids is 1. The van der Waals surface area contributed by atoms with Gasteiger partial charge in [0.2, 0.25) is 0 Å². The fourth-order valence-electron chi connectivity index (χ4n) is 3.88. The van der Waals surface area contributed by atoms with Crippen LogP contribution in [-0.2, 0) is 13.6 Å². The van der Waals surface area contributed by atoms with Gasteiger partial charge in [0.1, 0.15) is 5.76 Å². The number of aryl methyl sites for hydroxylation is 4. The van der Waals surface area contributed by atoms with Crippen LogP contribution in [0, 0.1) is 13.8 Å². The summed E-state index contributed by atoms with van der Waals surface area (Å²) in [5.74, 6) is -0.472. The lowest BCUT2D eigenvalue weighted by Gasteiger charge is -2.10. The van der Waals surface area contributed by atoms with E-state index >= 15 is 0 Å². The SMILES string of the molecule is CCn1c(-c2ccc(-c3c(C)on(C)c3=O)cc2)cc2cc(C)nc(C(=O)O)c21. The molecule has 0 unspecified atom stereocenters. The Labute approximate surface area is 166 Å². The topological polar surface area (TPSA) is 90.3 Å². The van der Waals surface area contributed by atoms with Crippen molar-refractivity contribution >= 4 is 16.9 Å². The third kappa shape index (κ3) is 2.95. The van der Waals surface area contributed by atoms with Crippen molar-refractivity contribution in [2.45, 2.75) is 27.3 Å². The highest BCUT2D eigenvalue weighted by molar-refractivity contribution is 6.02. The number of benzene rings is 1. The molecule has 7 nitrogen and oxygen atoms in total. The molecule has 29 heavy (non-hydrogen) atoms. The summed E-state index contributed by atoms with van der Waals surface area (Å²) in [5, 5.41) is 10.5. The van der Waals surface area contributed by atoms with Crippen molar-refractivity contribution in [1.29, 1.82) is 0 Å². The summed E-state index contributed by atoms with van der Waals surface area (Å²) in [6.07, 6.45) is 0. The molecule has 0 fully saturated rings. The van der Waals surface area contributed by atoms with Gasteiger partial charge in [-0.05, 0) is 44.0 Å². The molecule has 3 aromatic heterocycles. The maximum atomic E-state index is 12.3. The lowest BCUT2D eigenvalue weighted by molar-refractivity contribution is 0.0692. The zero-order chi connectivity index (χ0) is 20.9. The zero-order valence-electron chi connectivity index (χ0n) is 16.7. The molecule has 0 aliphatic carbocycles. The molecule has 0 aliphatic rings. The molecule has 0 radical (unpaired) electrons. The van der Waals surface area contributed by atoms with Crippen LogP contribution in [0.1, 0.15) is 28.9 Å². The van der Waals surface area contributed by atoms with Gasteiger partial charge in [0.05, 0.1) is 11.1 Å². The number of hydrogen-bond acceptors (Lipinski definition) is 4. The van der Waals surface area contributed by atoms with E-state index in [0.717, 1.165) is 22.2 Å². The lowest BCUT2D eigenvalue weighted by Crippen LogP contribution is -2.11. The van der Waals surface area contributed by atoms with E-state index in [9.17, 15) is 14.7 Å². The Morgan fingerprint density at radius 1 is 1.14 bits per heavy atom. The minimum absolute atomic E-state index is 0.0576. The van der Waals surface area contributed by atoms with E-state index in [0.29, 0.717) is 29.1 Å². The van der Waals surface area contributed by atoms with Crippen LogP contribution in [0.5, 0.6) is 0 Å². The van der Waals surface area contributed by atoms with E-state index in [1.165, 1.54) is 4.74 Å². The van der Waals surface area contributed by atoms with Crippen molar-refractivity contribution in [2.24, 2.45) is 7.05 Å².